The summed E-state index contributed by atoms with van der Waals surface area (Å²) in [7, 11) is 0. The second-order valence-electron chi connectivity index (χ2n) is 2.70. The van der Waals surface area contributed by atoms with Crippen molar-refractivity contribution in [1.82, 2.24) is 0 Å². The van der Waals surface area contributed by atoms with Gasteiger partial charge in [-0.25, -0.2) is 0 Å². The molecule has 0 aromatic heterocycles. The fourth-order valence-corrected chi connectivity index (χ4v) is 1.47. The molecule has 5 heteroatoms. The molecule has 0 unspecified atom stereocenters. The zero-order valence-electron chi connectivity index (χ0n) is 7.10. The Hall–Kier alpha value is -0.800. The van der Waals surface area contributed by atoms with Gasteiger partial charge in [0.05, 0.1) is 9.95 Å². The van der Waals surface area contributed by atoms with Crippen LogP contribution in [0.4, 0.5) is 5.69 Å². The topological polar surface area (TPSA) is 43.1 Å². The van der Waals surface area contributed by atoms with Crippen molar-refractivity contribution < 1.29 is 4.92 Å². The lowest BCUT2D eigenvalue weighted by Crippen LogP contribution is -1.93. The zero-order valence-corrected chi connectivity index (χ0v) is 8.61. The van der Waals surface area contributed by atoms with E-state index in [-0.39, 0.29) is 10.7 Å². The van der Waals surface area contributed by atoms with Gasteiger partial charge in [-0.05, 0) is 25.0 Å². The molecule has 0 atom stereocenters. The maximum absolute atomic E-state index is 10.5. The predicted octanol–water partition coefficient (Wildman–Crippen LogP) is 3.52. The summed E-state index contributed by atoms with van der Waals surface area (Å²) in [6, 6.07) is 1.27. The zero-order chi connectivity index (χ0) is 10.2. The van der Waals surface area contributed by atoms with Crippen molar-refractivity contribution >= 4 is 28.9 Å². The minimum absolute atomic E-state index is 0.144. The van der Waals surface area contributed by atoms with Crippen molar-refractivity contribution in [3.63, 3.8) is 0 Å². The van der Waals surface area contributed by atoms with E-state index in [1.165, 1.54) is 6.07 Å². The van der Waals surface area contributed by atoms with Crippen LogP contribution in [-0.2, 0) is 0 Å². The first-order valence-electron chi connectivity index (χ1n) is 3.54. The lowest BCUT2D eigenvalue weighted by atomic mass is 10.1. The summed E-state index contributed by atoms with van der Waals surface area (Å²) < 4.78 is 0. The molecule has 0 amide bonds. The Morgan fingerprint density at radius 3 is 2.31 bits per heavy atom. The van der Waals surface area contributed by atoms with Gasteiger partial charge in [-0.3, -0.25) is 10.1 Å². The average molecular weight is 220 g/mol. The van der Waals surface area contributed by atoms with E-state index in [2.05, 4.69) is 0 Å². The van der Waals surface area contributed by atoms with E-state index < -0.39 is 4.92 Å². The van der Waals surface area contributed by atoms with Crippen LogP contribution < -0.4 is 0 Å². The van der Waals surface area contributed by atoms with Crippen LogP contribution in [0.25, 0.3) is 0 Å². The van der Waals surface area contributed by atoms with E-state index in [1.54, 1.807) is 13.8 Å². The highest BCUT2D eigenvalue weighted by Gasteiger charge is 2.17. The molecule has 0 aliphatic heterocycles. The maximum atomic E-state index is 10.5. The molecule has 0 heterocycles. The molecule has 1 rings (SSSR count). The van der Waals surface area contributed by atoms with Gasteiger partial charge in [0, 0.05) is 6.07 Å². The van der Waals surface area contributed by atoms with Crippen LogP contribution in [0, 0.1) is 24.0 Å². The third kappa shape index (κ3) is 1.76. The first kappa shape index (κ1) is 10.3. The molecule has 0 radical (unpaired) electrons. The fourth-order valence-electron chi connectivity index (χ4n) is 0.960. The van der Waals surface area contributed by atoms with Gasteiger partial charge in [0.25, 0.3) is 5.69 Å². The molecule has 0 saturated carbocycles. The Kier molecular flexibility index (Phi) is 2.78. The quantitative estimate of drug-likeness (QED) is 0.536. The van der Waals surface area contributed by atoms with Gasteiger partial charge in [0.2, 0.25) is 0 Å². The summed E-state index contributed by atoms with van der Waals surface area (Å²) in [5.41, 5.74) is 1.29. The van der Waals surface area contributed by atoms with E-state index in [1.807, 2.05) is 0 Å². The summed E-state index contributed by atoms with van der Waals surface area (Å²) in [5, 5.41) is 11.0. The molecule has 0 bridgehead atoms. The molecular weight excluding hydrogens is 213 g/mol. The largest absolute Gasteiger partial charge is 0.289 e. The fraction of sp³-hybridized carbons (Fsp3) is 0.250. The molecule has 13 heavy (non-hydrogen) atoms. The first-order valence-corrected chi connectivity index (χ1v) is 4.30. The third-order valence-electron chi connectivity index (χ3n) is 1.94. The van der Waals surface area contributed by atoms with Crippen LogP contribution in [0.15, 0.2) is 6.07 Å². The number of benzene rings is 1. The monoisotopic (exact) mass is 219 g/mol. The van der Waals surface area contributed by atoms with Crippen molar-refractivity contribution in [3.05, 3.63) is 37.4 Å². The molecule has 0 N–H and O–H groups in total. The van der Waals surface area contributed by atoms with E-state index in [0.29, 0.717) is 10.6 Å². The average Bonchev–Trinajstić information content (AvgIpc) is 2.07. The Balaban J connectivity index is 3.50. The van der Waals surface area contributed by atoms with Crippen LogP contribution in [-0.4, -0.2) is 4.92 Å². The van der Waals surface area contributed by atoms with Gasteiger partial charge in [0.1, 0.15) is 5.02 Å². The Bertz CT molecular complexity index is 377. The molecule has 0 aliphatic carbocycles. The third-order valence-corrected chi connectivity index (χ3v) is 2.80. The smallest absolute Gasteiger partial charge is 0.258 e. The Labute approximate surface area is 85.4 Å². The lowest BCUT2D eigenvalue weighted by Gasteiger charge is -2.05. The number of hydrogen-bond acceptors (Lipinski definition) is 2. The van der Waals surface area contributed by atoms with Crippen molar-refractivity contribution in [2.45, 2.75) is 13.8 Å². The number of hydrogen-bond donors (Lipinski definition) is 0. The number of rotatable bonds is 1. The van der Waals surface area contributed by atoms with Crippen LogP contribution in [0.2, 0.25) is 10.0 Å². The van der Waals surface area contributed by atoms with Gasteiger partial charge in [-0.15, -0.1) is 0 Å². The molecule has 0 fully saturated rings. The van der Waals surface area contributed by atoms with E-state index in [4.69, 9.17) is 23.2 Å². The first-order chi connectivity index (χ1) is 5.95. The molecule has 70 valence electrons. The van der Waals surface area contributed by atoms with Crippen molar-refractivity contribution in [3.8, 4) is 0 Å². The van der Waals surface area contributed by atoms with E-state index in [0.717, 1.165) is 5.56 Å². The minimum Gasteiger partial charge on any atom is -0.258 e. The Morgan fingerprint density at radius 2 is 1.85 bits per heavy atom. The minimum atomic E-state index is -0.541. The number of nitro groups is 1. The SMILES string of the molecule is Cc1c(Cl)cc([N+](=O)[O-])c(Cl)c1C. The van der Waals surface area contributed by atoms with Gasteiger partial charge >= 0.3 is 0 Å². The molecule has 0 spiro atoms. The molecule has 1 aromatic carbocycles. The number of nitrogens with zero attached hydrogens (tertiary/aromatic N) is 1. The summed E-state index contributed by atoms with van der Waals surface area (Å²) in [4.78, 5) is 9.96. The molecule has 3 nitrogen and oxygen atoms in total. The molecular formula is C8H7Cl2NO2. The van der Waals surface area contributed by atoms with Gasteiger partial charge < -0.3 is 0 Å². The van der Waals surface area contributed by atoms with Crippen molar-refractivity contribution in [1.29, 1.82) is 0 Å². The van der Waals surface area contributed by atoms with E-state index >= 15 is 0 Å². The summed E-state index contributed by atoms with van der Waals surface area (Å²) in [6.45, 7) is 3.48. The summed E-state index contributed by atoms with van der Waals surface area (Å²) >= 11 is 11.5. The number of nitro benzene ring substituents is 1. The summed E-state index contributed by atoms with van der Waals surface area (Å²) in [5.74, 6) is 0. The second kappa shape index (κ2) is 3.52. The van der Waals surface area contributed by atoms with Crippen LogP contribution in [0.3, 0.4) is 0 Å². The van der Waals surface area contributed by atoms with Crippen LogP contribution >= 0.6 is 23.2 Å². The number of halogens is 2. The molecule has 0 aliphatic rings. The van der Waals surface area contributed by atoms with E-state index in [9.17, 15) is 10.1 Å². The second-order valence-corrected chi connectivity index (χ2v) is 3.48. The van der Waals surface area contributed by atoms with Gasteiger partial charge in [-0.1, -0.05) is 23.2 Å². The standard InChI is InChI=1S/C8H7Cl2NO2/c1-4-5(2)8(10)7(11(12)13)3-6(4)9/h3H,1-2H3. The molecule has 0 saturated heterocycles. The van der Waals surface area contributed by atoms with Crippen molar-refractivity contribution in [2.75, 3.05) is 0 Å². The van der Waals surface area contributed by atoms with Crippen LogP contribution in [0.1, 0.15) is 11.1 Å². The molecule has 1 aromatic rings. The summed E-state index contributed by atoms with van der Waals surface area (Å²) in [6.07, 6.45) is 0. The highest BCUT2D eigenvalue weighted by molar-refractivity contribution is 6.36. The lowest BCUT2D eigenvalue weighted by molar-refractivity contribution is -0.384. The van der Waals surface area contributed by atoms with Gasteiger partial charge in [0.15, 0.2) is 0 Å². The van der Waals surface area contributed by atoms with Crippen LogP contribution in [0.5, 0.6) is 0 Å². The van der Waals surface area contributed by atoms with Crippen molar-refractivity contribution in [2.24, 2.45) is 0 Å². The maximum Gasteiger partial charge on any atom is 0.289 e. The Morgan fingerprint density at radius 1 is 1.31 bits per heavy atom. The highest BCUT2D eigenvalue weighted by atomic mass is 35.5. The normalized spacial score (nSPS) is 10.2. The van der Waals surface area contributed by atoms with Gasteiger partial charge in [-0.2, -0.15) is 0 Å². The highest BCUT2D eigenvalue weighted by Crippen LogP contribution is 2.34. The predicted molar refractivity (Wildman–Crippen MR) is 52.6 cm³/mol.